The van der Waals surface area contributed by atoms with Crippen LogP contribution < -0.4 is 4.31 Å². The molecule has 16 heavy (non-hydrogen) atoms. The number of carboxylic acids is 1. The molecule has 1 fully saturated rings. The zero-order chi connectivity index (χ0) is 11.7. The van der Waals surface area contributed by atoms with Gasteiger partial charge in [0.1, 0.15) is 0 Å². The lowest BCUT2D eigenvalue weighted by atomic mass is 10.2. The van der Waals surface area contributed by atoms with Gasteiger partial charge in [0.15, 0.2) is 0 Å². The van der Waals surface area contributed by atoms with Crippen molar-refractivity contribution in [3.05, 3.63) is 27.7 Å². The van der Waals surface area contributed by atoms with Crippen LogP contribution in [0, 0.1) is 0 Å². The Morgan fingerprint density at radius 1 is 1.44 bits per heavy atom. The normalized spacial score (nSPS) is 15.5. The summed E-state index contributed by atoms with van der Waals surface area (Å²) in [6, 6.07) is 3.27. The summed E-state index contributed by atoms with van der Waals surface area (Å²) in [5.74, 6) is -0.0132. The minimum atomic E-state index is -1.06. The third-order valence-corrected chi connectivity index (χ3v) is 4.26. The van der Waals surface area contributed by atoms with Crippen LogP contribution >= 0.6 is 35.1 Å². The van der Waals surface area contributed by atoms with E-state index in [-0.39, 0.29) is 15.6 Å². The summed E-state index contributed by atoms with van der Waals surface area (Å²) in [4.78, 5) is 11.0. The summed E-state index contributed by atoms with van der Waals surface area (Å²) in [5.41, 5.74) is 0.853. The summed E-state index contributed by atoms with van der Waals surface area (Å²) in [6.45, 7) is 0.904. The number of halogens is 2. The van der Waals surface area contributed by atoms with E-state index >= 15 is 0 Å². The Labute approximate surface area is 107 Å². The molecule has 1 aliphatic rings. The van der Waals surface area contributed by atoms with E-state index in [9.17, 15) is 4.79 Å². The Kier molecular flexibility index (Phi) is 3.52. The van der Waals surface area contributed by atoms with Crippen LogP contribution in [0.15, 0.2) is 12.1 Å². The van der Waals surface area contributed by atoms with Crippen LogP contribution in [0.3, 0.4) is 0 Å². The van der Waals surface area contributed by atoms with Crippen molar-refractivity contribution < 1.29 is 9.90 Å². The monoisotopic (exact) mass is 277 g/mol. The maximum atomic E-state index is 11.0. The molecule has 0 saturated carbocycles. The molecule has 3 nitrogen and oxygen atoms in total. The number of benzene rings is 1. The summed E-state index contributed by atoms with van der Waals surface area (Å²) in [7, 11) is 0. The number of carbonyl (C=O) groups is 1. The molecule has 1 N–H and O–H groups in total. The van der Waals surface area contributed by atoms with Gasteiger partial charge in [-0.1, -0.05) is 23.2 Å². The van der Waals surface area contributed by atoms with Crippen molar-refractivity contribution in [1.82, 2.24) is 0 Å². The molecular formula is C10H9Cl2NO2S. The molecule has 0 atom stereocenters. The minimum absolute atomic E-state index is 0.0525. The first-order chi connectivity index (χ1) is 7.59. The molecule has 1 aromatic rings. The molecule has 0 aliphatic carbocycles. The second-order valence-electron chi connectivity index (χ2n) is 3.38. The topological polar surface area (TPSA) is 40.5 Å². The van der Waals surface area contributed by atoms with Crippen LogP contribution in [0.2, 0.25) is 10.0 Å². The zero-order valence-electron chi connectivity index (χ0n) is 8.24. The largest absolute Gasteiger partial charge is 0.478 e. The maximum absolute atomic E-state index is 11.0. The van der Waals surface area contributed by atoms with E-state index in [1.807, 2.05) is 4.31 Å². The second-order valence-corrected chi connectivity index (χ2v) is 5.28. The number of aromatic carboxylic acids is 1. The first-order valence-electron chi connectivity index (χ1n) is 4.72. The van der Waals surface area contributed by atoms with Gasteiger partial charge in [-0.25, -0.2) is 4.79 Å². The van der Waals surface area contributed by atoms with Gasteiger partial charge >= 0.3 is 5.97 Å². The fraction of sp³-hybridized carbons (Fsp3) is 0.300. The van der Waals surface area contributed by atoms with Gasteiger partial charge in [0, 0.05) is 18.0 Å². The van der Waals surface area contributed by atoms with Gasteiger partial charge in [0.25, 0.3) is 0 Å². The number of anilines is 1. The molecule has 1 saturated heterocycles. The van der Waals surface area contributed by atoms with Gasteiger partial charge in [0.05, 0.1) is 15.6 Å². The number of rotatable bonds is 2. The van der Waals surface area contributed by atoms with Crippen molar-refractivity contribution in [3.8, 4) is 0 Å². The predicted octanol–water partition coefficient (Wildman–Crippen LogP) is 3.55. The standard InChI is InChI=1S/C10H9Cl2NO2S/c11-8-5-6(13-2-1-3-16-13)4-7(9(8)12)10(14)15/h4-5H,1-3H2,(H,14,15). The number of hydrogen-bond donors (Lipinski definition) is 1. The third kappa shape index (κ3) is 2.24. The fourth-order valence-corrected chi connectivity index (χ4v) is 2.92. The predicted molar refractivity (Wildman–Crippen MR) is 67.8 cm³/mol. The second kappa shape index (κ2) is 4.73. The SMILES string of the molecule is O=C(O)c1cc(N2CCCS2)cc(Cl)c1Cl. The van der Waals surface area contributed by atoms with Crippen LogP contribution in [0.1, 0.15) is 16.8 Å². The molecule has 0 bridgehead atoms. The highest BCUT2D eigenvalue weighted by molar-refractivity contribution is 8.00. The highest BCUT2D eigenvalue weighted by atomic mass is 35.5. The van der Waals surface area contributed by atoms with Gasteiger partial charge in [-0.2, -0.15) is 0 Å². The number of nitrogens with zero attached hydrogens (tertiary/aromatic N) is 1. The highest BCUT2D eigenvalue weighted by Gasteiger charge is 2.19. The van der Waals surface area contributed by atoms with Crippen LogP contribution in [0.25, 0.3) is 0 Å². The summed E-state index contributed by atoms with van der Waals surface area (Å²) < 4.78 is 2.04. The third-order valence-electron chi connectivity index (χ3n) is 2.28. The van der Waals surface area contributed by atoms with Crippen molar-refractivity contribution in [2.24, 2.45) is 0 Å². The quantitative estimate of drug-likeness (QED) is 0.840. The Hall–Kier alpha value is -0.580. The Bertz CT molecular complexity index is 433. The van der Waals surface area contributed by atoms with E-state index in [2.05, 4.69) is 0 Å². The summed E-state index contributed by atoms with van der Waals surface area (Å²) >= 11 is 13.4. The van der Waals surface area contributed by atoms with Gasteiger partial charge in [-0.05, 0) is 30.5 Å². The van der Waals surface area contributed by atoms with Gasteiger partial charge in [-0.15, -0.1) is 0 Å². The van der Waals surface area contributed by atoms with E-state index in [0.717, 1.165) is 24.4 Å². The molecular weight excluding hydrogens is 269 g/mol. The molecule has 0 radical (unpaired) electrons. The summed E-state index contributed by atoms with van der Waals surface area (Å²) in [6.07, 6.45) is 1.09. The van der Waals surface area contributed by atoms with Gasteiger partial charge < -0.3 is 9.41 Å². The van der Waals surface area contributed by atoms with Crippen molar-refractivity contribution in [1.29, 1.82) is 0 Å². The van der Waals surface area contributed by atoms with E-state index in [0.29, 0.717) is 0 Å². The molecule has 1 heterocycles. The highest BCUT2D eigenvalue weighted by Crippen LogP contribution is 2.35. The average Bonchev–Trinajstić information content (AvgIpc) is 2.74. The van der Waals surface area contributed by atoms with Gasteiger partial charge in [-0.3, -0.25) is 0 Å². The smallest absolute Gasteiger partial charge is 0.337 e. The van der Waals surface area contributed by atoms with Crippen molar-refractivity contribution in [3.63, 3.8) is 0 Å². The van der Waals surface area contributed by atoms with Crippen LogP contribution in [-0.2, 0) is 0 Å². The number of hydrogen-bond acceptors (Lipinski definition) is 3. The van der Waals surface area contributed by atoms with Crippen molar-refractivity contribution in [2.75, 3.05) is 16.6 Å². The molecule has 0 aromatic heterocycles. The molecule has 0 spiro atoms. The van der Waals surface area contributed by atoms with E-state index < -0.39 is 5.97 Å². The fourth-order valence-electron chi connectivity index (χ4n) is 1.53. The minimum Gasteiger partial charge on any atom is -0.478 e. The van der Waals surface area contributed by atoms with Crippen LogP contribution in [0.5, 0.6) is 0 Å². The Morgan fingerprint density at radius 3 is 2.75 bits per heavy atom. The van der Waals surface area contributed by atoms with Crippen molar-refractivity contribution in [2.45, 2.75) is 6.42 Å². The molecule has 0 amide bonds. The van der Waals surface area contributed by atoms with Crippen molar-refractivity contribution >= 4 is 46.8 Å². The Balaban J connectivity index is 2.43. The molecule has 86 valence electrons. The average molecular weight is 278 g/mol. The van der Waals surface area contributed by atoms with E-state index in [4.69, 9.17) is 28.3 Å². The first kappa shape index (κ1) is 11.9. The lowest BCUT2D eigenvalue weighted by Gasteiger charge is -2.17. The maximum Gasteiger partial charge on any atom is 0.337 e. The molecule has 2 rings (SSSR count). The van der Waals surface area contributed by atoms with E-state index in [1.165, 1.54) is 0 Å². The molecule has 0 unspecified atom stereocenters. The first-order valence-corrected chi connectivity index (χ1v) is 6.42. The lowest BCUT2D eigenvalue weighted by Crippen LogP contribution is -2.10. The zero-order valence-corrected chi connectivity index (χ0v) is 10.6. The molecule has 6 heteroatoms. The molecule has 1 aliphatic heterocycles. The lowest BCUT2D eigenvalue weighted by molar-refractivity contribution is 0.0697. The van der Waals surface area contributed by atoms with E-state index in [1.54, 1.807) is 24.1 Å². The van der Waals surface area contributed by atoms with Crippen LogP contribution in [-0.4, -0.2) is 23.4 Å². The summed E-state index contributed by atoms with van der Waals surface area (Å²) in [5, 5.41) is 9.37. The number of carboxylic acid groups (broad SMARTS) is 1. The Morgan fingerprint density at radius 2 is 2.19 bits per heavy atom. The molecule has 1 aromatic carbocycles. The van der Waals surface area contributed by atoms with Gasteiger partial charge in [0.2, 0.25) is 0 Å². The van der Waals surface area contributed by atoms with Crippen LogP contribution in [0.4, 0.5) is 5.69 Å².